The summed E-state index contributed by atoms with van der Waals surface area (Å²) in [6, 6.07) is 0.00778. The Labute approximate surface area is 77.9 Å². The summed E-state index contributed by atoms with van der Waals surface area (Å²) in [5.74, 6) is 0.493. The highest BCUT2D eigenvalue weighted by molar-refractivity contribution is 4.86. The van der Waals surface area contributed by atoms with Crippen molar-refractivity contribution in [1.82, 2.24) is 5.32 Å². The number of rotatable bonds is 4. The van der Waals surface area contributed by atoms with Crippen molar-refractivity contribution in [3.05, 3.63) is 0 Å². The van der Waals surface area contributed by atoms with E-state index in [2.05, 4.69) is 5.32 Å². The topological polar surface area (TPSA) is 61.7 Å². The lowest BCUT2D eigenvalue weighted by molar-refractivity contribution is 0.114. The van der Waals surface area contributed by atoms with Gasteiger partial charge in [-0.2, -0.15) is 0 Å². The maximum Gasteiger partial charge on any atom is 0.0948 e. The van der Waals surface area contributed by atoms with E-state index in [1.54, 1.807) is 0 Å². The van der Waals surface area contributed by atoms with E-state index in [1.807, 2.05) is 0 Å². The summed E-state index contributed by atoms with van der Waals surface area (Å²) in [6.07, 6.45) is 1.64. The van der Waals surface area contributed by atoms with Crippen LogP contribution in [0.1, 0.15) is 12.8 Å². The summed E-state index contributed by atoms with van der Waals surface area (Å²) < 4.78 is 5.08. The van der Waals surface area contributed by atoms with Gasteiger partial charge in [0.05, 0.1) is 31.5 Å². The molecule has 2 aliphatic rings. The van der Waals surface area contributed by atoms with Crippen molar-refractivity contribution in [2.45, 2.75) is 31.1 Å². The Morgan fingerprint density at radius 1 is 1.38 bits per heavy atom. The van der Waals surface area contributed by atoms with Crippen molar-refractivity contribution in [2.24, 2.45) is 5.92 Å². The standard InChI is InChI=1S/C9H17NO3/c11-8(6-1-2-6)3-10-7-4-13-5-9(7)12/h6-12H,1-5H2. The minimum atomic E-state index is -0.411. The highest BCUT2D eigenvalue weighted by Crippen LogP contribution is 2.32. The van der Waals surface area contributed by atoms with Crippen molar-refractivity contribution >= 4 is 0 Å². The van der Waals surface area contributed by atoms with Crippen LogP contribution in [0.2, 0.25) is 0 Å². The van der Waals surface area contributed by atoms with E-state index < -0.39 is 6.10 Å². The first-order valence-electron chi connectivity index (χ1n) is 4.94. The van der Waals surface area contributed by atoms with E-state index in [-0.39, 0.29) is 12.1 Å². The molecule has 0 spiro atoms. The second-order valence-electron chi connectivity index (χ2n) is 4.02. The minimum Gasteiger partial charge on any atom is -0.392 e. The van der Waals surface area contributed by atoms with Gasteiger partial charge < -0.3 is 20.3 Å². The molecule has 4 heteroatoms. The molecule has 4 nitrogen and oxygen atoms in total. The predicted octanol–water partition coefficient (Wildman–Crippen LogP) is -0.893. The lowest BCUT2D eigenvalue weighted by Crippen LogP contribution is -2.43. The van der Waals surface area contributed by atoms with Crippen LogP contribution < -0.4 is 5.32 Å². The molecule has 2 rings (SSSR count). The summed E-state index contributed by atoms with van der Waals surface area (Å²) in [4.78, 5) is 0. The predicted molar refractivity (Wildman–Crippen MR) is 47.3 cm³/mol. The third-order valence-electron chi connectivity index (χ3n) is 2.81. The van der Waals surface area contributed by atoms with Crippen molar-refractivity contribution < 1.29 is 14.9 Å². The van der Waals surface area contributed by atoms with Crippen molar-refractivity contribution in [2.75, 3.05) is 19.8 Å². The minimum absolute atomic E-state index is 0.00778. The molecule has 3 atom stereocenters. The summed E-state index contributed by atoms with van der Waals surface area (Å²) in [7, 11) is 0. The quantitative estimate of drug-likeness (QED) is 0.534. The van der Waals surface area contributed by atoms with Gasteiger partial charge in [-0.3, -0.25) is 0 Å². The van der Waals surface area contributed by atoms with Crippen LogP contribution in [0.15, 0.2) is 0 Å². The summed E-state index contributed by atoms with van der Waals surface area (Å²) in [6.45, 7) is 1.55. The Morgan fingerprint density at radius 2 is 2.15 bits per heavy atom. The zero-order valence-electron chi connectivity index (χ0n) is 7.65. The molecule has 3 N–H and O–H groups in total. The molecule has 0 aromatic heterocycles. The Balaban J connectivity index is 1.66. The molecule has 0 radical (unpaired) electrons. The largest absolute Gasteiger partial charge is 0.392 e. The summed E-state index contributed by atoms with van der Waals surface area (Å²) in [5, 5.41) is 22.1. The van der Waals surface area contributed by atoms with E-state index in [4.69, 9.17) is 4.74 Å². The van der Waals surface area contributed by atoms with Gasteiger partial charge in [0, 0.05) is 6.54 Å². The third kappa shape index (κ3) is 2.40. The van der Waals surface area contributed by atoms with Gasteiger partial charge in [-0.25, -0.2) is 0 Å². The maximum atomic E-state index is 9.55. The molecule has 0 aromatic rings. The normalized spacial score (nSPS) is 36.5. The number of hydrogen-bond acceptors (Lipinski definition) is 4. The van der Waals surface area contributed by atoms with Gasteiger partial charge >= 0.3 is 0 Å². The molecule has 3 unspecified atom stereocenters. The first-order valence-corrected chi connectivity index (χ1v) is 4.94. The first kappa shape index (κ1) is 9.40. The molecule has 1 heterocycles. The van der Waals surface area contributed by atoms with Crippen LogP contribution in [0.5, 0.6) is 0 Å². The zero-order chi connectivity index (χ0) is 9.26. The van der Waals surface area contributed by atoms with Gasteiger partial charge in [0.15, 0.2) is 0 Å². The van der Waals surface area contributed by atoms with E-state index in [0.717, 1.165) is 12.8 Å². The highest BCUT2D eigenvalue weighted by Gasteiger charge is 2.31. The lowest BCUT2D eigenvalue weighted by Gasteiger charge is -2.17. The van der Waals surface area contributed by atoms with Crippen LogP contribution in [0, 0.1) is 5.92 Å². The number of aliphatic hydroxyl groups is 2. The van der Waals surface area contributed by atoms with Crippen LogP contribution in [0.4, 0.5) is 0 Å². The van der Waals surface area contributed by atoms with E-state index in [1.165, 1.54) is 0 Å². The average Bonchev–Trinajstić information content (AvgIpc) is 2.88. The van der Waals surface area contributed by atoms with Gasteiger partial charge in [0.25, 0.3) is 0 Å². The van der Waals surface area contributed by atoms with E-state index in [0.29, 0.717) is 25.7 Å². The van der Waals surface area contributed by atoms with Crippen LogP contribution >= 0.6 is 0 Å². The summed E-state index contributed by atoms with van der Waals surface area (Å²) in [5.41, 5.74) is 0. The fourth-order valence-corrected chi connectivity index (χ4v) is 1.66. The first-order chi connectivity index (χ1) is 6.27. The molecule has 13 heavy (non-hydrogen) atoms. The SMILES string of the molecule is OC(CNC1COCC1O)C1CC1. The fourth-order valence-electron chi connectivity index (χ4n) is 1.66. The second kappa shape index (κ2) is 3.92. The number of nitrogens with one attached hydrogen (secondary N) is 1. The van der Waals surface area contributed by atoms with E-state index in [9.17, 15) is 10.2 Å². The molecule has 2 fully saturated rings. The van der Waals surface area contributed by atoms with Crippen LogP contribution in [-0.2, 0) is 4.74 Å². The Kier molecular flexibility index (Phi) is 2.83. The van der Waals surface area contributed by atoms with Crippen molar-refractivity contribution in [3.8, 4) is 0 Å². The second-order valence-corrected chi connectivity index (χ2v) is 4.02. The van der Waals surface area contributed by atoms with Gasteiger partial charge in [0.1, 0.15) is 0 Å². The molecule has 1 saturated carbocycles. The average molecular weight is 187 g/mol. The van der Waals surface area contributed by atoms with Crippen LogP contribution in [0.25, 0.3) is 0 Å². The zero-order valence-corrected chi connectivity index (χ0v) is 7.65. The number of aliphatic hydroxyl groups excluding tert-OH is 2. The Morgan fingerprint density at radius 3 is 2.69 bits per heavy atom. The Bertz CT molecular complexity index is 172. The molecular formula is C9H17NO3. The molecule has 1 aliphatic carbocycles. The fraction of sp³-hybridized carbons (Fsp3) is 1.00. The molecular weight excluding hydrogens is 170 g/mol. The van der Waals surface area contributed by atoms with Crippen molar-refractivity contribution in [1.29, 1.82) is 0 Å². The number of hydrogen-bond donors (Lipinski definition) is 3. The lowest BCUT2D eigenvalue weighted by atomic mass is 10.2. The van der Waals surface area contributed by atoms with Crippen LogP contribution in [-0.4, -0.2) is 48.2 Å². The van der Waals surface area contributed by atoms with Gasteiger partial charge in [0.2, 0.25) is 0 Å². The molecule has 0 amide bonds. The molecule has 76 valence electrons. The highest BCUT2D eigenvalue weighted by atomic mass is 16.5. The number of ether oxygens (including phenoxy) is 1. The monoisotopic (exact) mass is 187 g/mol. The smallest absolute Gasteiger partial charge is 0.0948 e. The molecule has 0 bridgehead atoms. The van der Waals surface area contributed by atoms with Crippen LogP contribution in [0.3, 0.4) is 0 Å². The molecule has 1 saturated heterocycles. The van der Waals surface area contributed by atoms with Gasteiger partial charge in [-0.15, -0.1) is 0 Å². The Hall–Kier alpha value is -0.160. The van der Waals surface area contributed by atoms with Crippen molar-refractivity contribution in [3.63, 3.8) is 0 Å². The molecule has 1 aliphatic heterocycles. The van der Waals surface area contributed by atoms with Gasteiger partial charge in [-0.05, 0) is 18.8 Å². The third-order valence-corrected chi connectivity index (χ3v) is 2.81. The van der Waals surface area contributed by atoms with Gasteiger partial charge in [-0.1, -0.05) is 0 Å². The molecule has 0 aromatic carbocycles. The summed E-state index contributed by atoms with van der Waals surface area (Å²) >= 11 is 0. The van der Waals surface area contributed by atoms with E-state index >= 15 is 0 Å². The maximum absolute atomic E-state index is 9.55.